The highest BCUT2D eigenvalue weighted by Crippen LogP contribution is 2.20. The smallest absolute Gasteiger partial charge is 0.335 e. The number of amides is 1. The molecule has 1 amide bonds. The maximum Gasteiger partial charge on any atom is 0.335 e. The lowest BCUT2D eigenvalue weighted by Gasteiger charge is -2.15. The van der Waals surface area contributed by atoms with Crippen molar-refractivity contribution in [1.29, 1.82) is 0 Å². The van der Waals surface area contributed by atoms with Gasteiger partial charge in [0.15, 0.2) is 11.8 Å². The molecule has 0 fully saturated rings. The zero-order valence-corrected chi connectivity index (χ0v) is 21.4. The molecule has 11 nitrogen and oxygen atoms in total. The van der Waals surface area contributed by atoms with Gasteiger partial charge in [-0.05, 0) is 41.8 Å². The number of nitrogen functional groups attached to an aromatic ring is 1. The van der Waals surface area contributed by atoms with Crippen molar-refractivity contribution in [3.63, 3.8) is 0 Å². The molecule has 0 spiro atoms. The molecule has 0 radical (unpaired) electrons. The molecule has 0 atom stereocenters. The Hall–Kier alpha value is -5.45. The molecule has 0 bridgehead atoms. The lowest BCUT2D eigenvalue weighted by Crippen LogP contribution is -2.34. The summed E-state index contributed by atoms with van der Waals surface area (Å²) < 4.78 is 1.30. The fourth-order valence-electron chi connectivity index (χ4n) is 4.36. The van der Waals surface area contributed by atoms with Crippen molar-refractivity contribution in [2.24, 2.45) is 0 Å². The van der Waals surface area contributed by atoms with E-state index in [9.17, 15) is 19.5 Å². The number of benzene rings is 3. The van der Waals surface area contributed by atoms with Gasteiger partial charge in [0.2, 0.25) is 5.91 Å². The van der Waals surface area contributed by atoms with E-state index in [4.69, 9.17) is 5.73 Å². The van der Waals surface area contributed by atoms with Crippen LogP contribution in [0.4, 0.5) is 11.8 Å². The maximum absolute atomic E-state index is 13.5. The highest BCUT2D eigenvalue weighted by molar-refractivity contribution is 5.89. The van der Waals surface area contributed by atoms with E-state index in [1.165, 1.54) is 22.9 Å². The van der Waals surface area contributed by atoms with Crippen molar-refractivity contribution in [3.05, 3.63) is 106 Å². The van der Waals surface area contributed by atoms with Crippen molar-refractivity contribution in [3.8, 4) is 11.3 Å². The molecule has 202 valence electrons. The second-order valence-electron chi connectivity index (χ2n) is 9.18. The van der Waals surface area contributed by atoms with Crippen molar-refractivity contribution in [2.45, 2.75) is 19.5 Å². The van der Waals surface area contributed by atoms with Crippen molar-refractivity contribution in [2.75, 3.05) is 17.6 Å². The summed E-state index contributed by atoms with van der Waals surface area (Å²) in [6.07, 6.45) is 2.15. The third-order valence-corrected chi connectivity index (χ3v) is 6.36. The Balaban J connectivity index is 1.38. The Morgan fingerprint density at radius 3 is 2.62 bits per heavy atom. The number of carbonyl (C=O) groups is 2. The van der Waals surface area contributed by atoms with Gasteiger partial charge >= 0.3 is 5.97 Å². The number of nitrogens with two attached hydrogens (primary N) is 1. The summed E-state index contributed by atoms with van der Waals surface area (Å²) in [6.45, 7) is 0.396. The lowest BCUT2D eigenvalue weighted by molar-refractivity contribution is -0.121. The minimum absolute atomic E-state index is 0.0563. The van der Waals surface area contributed by atoms with E-state index < -0.39 is 17.4 Å². The van der Waals surface area contributed by atoms with Gasteiger partial charge < -0.3 is 26.5 Å². The number of nitrogens with one attached hydrogen (secondary N) is 3. The quantitative estimate of drug-likeness (QED) is 0.181. The minimum Gasteiger partial charge on any atom is -0.478 e. The van der Waals surface area contributed by atoms with Crippen LogP contribution in [0.5, 0.6) is 0 Å². The molecule has 5 aromatic rings. The number of aromatic nitrogens is 4. The number of hydrogen-bond acceptors (Lipinski definition) is 7. The molecular weight excluding hydrogens is 510 g/mol. The van der Waals surface area contributed by atoms with E-state index in [-0.39, 0.29) is 24.5 Å². The van der Waals surface area contributed by atoms with Gasteiger partial charge in [-0.25, -0.2) is 14.8 Å². The normalized spacial score (nSPS) is 10.9. The van der Waals surface area contributed by atoms with Crippen molar-refractivity contribution >= 4 is 34.7 Å². The predicted molar refractivity (Wildman–Crippen MR) is 152 cm³/mol. The highest BCUT2D eigenvalue weighted by atomic mass is 16.4. The number of aromatic carboxylic acids is 1. The Labute approximate surface area is 228 Å². The number of imidazole rings is 1. The zero-order chi connectivity index (χ0) is 28.1. The van der Waals surface area contributed by atoms with Crippen LogP contribution >= 0.6 is 0 Å². The van der Waals surface area contributed by atoms with Crippen LogP contribution in [0, 0.1) is 0 Å². The van der Waals surface area contributed by atoms with Crippen LogP contribution < -0.4 is 21.9 Å². The van der Waals surface area contributed by atoms with E-state index in [1.54, 1.807) is 18.2 Å². The topological polar surface area (TPSA) is 168 Å². The molecule has 0 aliphatic rings. The van der Waals surface area contributed by atoms with Gasteiger partial charge in [0.05, 0.1) is 28.5 Å². The molecule has 0 unspecified atom stereocenters. The monoisotopic (exact) mass is 537 g/mol. The van der Waals surface area contributed by atoms with E-state index in [1.807, 2.05) is 42.5 Å². The SMILES string of the molecule is Nc1nc2ccc(CNC(=O)Cn3c(-c4cccc(C(=O)O)c4)cnc(NCCc4ccccc4)c3=O)cc2[nH]1. The van der Waals surface area contributed by atoms with E-state index in [2.05, 4.69) is 25.6 Å². The average Bonchev–Trinajstić information content (AvgIpc) is 3.33. The van der Waals surface area contributed by atoms with E-state index >= 15 is 0 Å². The van der Waals surface area contributed by atoms with Gasteiger partial charge in [-0.15, -0.1) is 0 Å². The van der Waals surface area contributed by atoms with Gasteiger partial charge in [-0.2, -0.15) is 0 Å². The number of carbonyl (C=O) groups excluding carboxylic acids is 1. The standard InChI is InChI=1S/C29H27N7O4/c30-29-34-22-10-9-19(13-23(22)35-29)15-32-25(37)17-36-24(20-7-4-8-21(14-20)28(39)40)16-33-26(27(36)38)31-12-11-18-5-2-1-3-6-18/h1-10,13-14,16H,11-12,15,17H2,(H,31,33)(H,32,37)(H,39,40)(H3,30,34,35). The number of aromatic amines is 1. The molecule has 2 aromatic heterocycles. The van der Waals surface area contributed by atoms with Crippen LogP contribution in [0.15, 0.2) is 83.8 Å². The summed E-state index contributed by atoms with van der Waals surface area (Å²) in [5.41, 5.74) is 9.46. The highest BCUT2D eigenvalue weighted by Gasteiger charge is 2.16. The second-order valence-corrected chi connectivity index (χ2v) is 9.18. The molecule has 40 heavy (non-hydrogen) atoms. The third kappa shape index (κ3) is 5.99. The average molecular weight is 538 g/mol. The molecule has 0 aliphatic carbocycles. The predicted octanol–water partition coefficient (Wildman–Crippen LogP) is 3.04. The lowest BCUT2D eigenvalue weighted by atomic mass is 10.1. The second kappa shape index (κ2) is 11.5. The van der Waals surface area contributed by atoms with E-state index in [0.29, 0.717) is 30.2 Å². The number of H-pyrrole nitrogens is 1. The summed E-state index contributed by atoms with van der Waals surface area (Å²) in [5.74, 6) is -1.09. The van der Waals surface area contributed by atoms with Crippen LogP contribution in [0.25, 0.3) is 22.3 Å². The Morgan fingerprint density at radius 2 is 1.82 bits per heavy atom. The van der Waals surface area contributed by atoms with Gasteiger partial charge in [0.25, 0.3) is 5.56 Å². The molecule has 0 aliphatic heterocycles. The molecule has 0 saturated carbocycles. The van der Waals surface area contributed by atoms with Crippen LogP contribution in [0.1, 0.15) is 21.5 Å². The molecule has 6 N–H and O–H groups in total. The van der Waals surface area contributed by atoms with Crippen molar-refractivity contribution in [1.82, 2.24) is 24.8 Å². The number of anilines is 2. The fourth-order valence-corrected chi connectivity index (χ4v) is 4.36. The number of carboxylic acid groups (broad SMARTS) is 1. The summed E-state index contributed by atoms with van der Waals surface area (Å²) in [5, 5.41) is 15.3. The molecular formula is C29H27N7O4. The molecule has 3 aromatic carbocycles. The van der Waals surface area contributed by atoms with Crippen LogP contribution in [0.2, 0.25) is 0 Å². The maximum atomic E-state index is 13.5. The van der Waals surface area contributed by atoms with Crippen LogP contribution in [-0.2, 0) is 24.3 Å². The van der Waals surface area contributed by atoms with Crippen LogP contribution in [-0.4, -0.2) is 43.0 Å². The Morgan fingerprint density at radius 1 is 1.00 bits per heavy atom. The third-order valence-electron chi connectivity index (χ3n) is 6.36. The van der Waals surface area contributed by atoms with Gasteiger partial charge in [0, 0.05) is 18.7 Å². The first kappa shape index (κ1) is 26.2. The van der Waals surface area contributed by atoms with Gasteiger partial charge in [0.1, 0.15) is 6.54 Å². The fraction of sp³-hybridized carbons (Fsp3) is 0.138. The first-order valence-corrected chi connectivity index (χ1v) is 12.6. The van der Waals surface area contributed by atoms with Gasteiger partial charge in [-0.1, -0.05) is 48.5 Å². The Kier molecular flexibility index (Phi) is 7.54. The molecule has 11 heteroatoms. The van der Waals surface area contributed by atoms with Crippen LogP contribution in [0.3, 0.4) is 0 Å². The molecule has 0 saturated heterocycles. The summed E-state index contributed by atoms with van der Waals surface area (Å²) >= 11 is 0. The van der Waals surface area contributed by atoms with E-state index in [0.717, 1.165) is 22.2 Å². The Bertz CT molecular complexity index is 1740. The number of hydrogen-bond donors (Lipinski definition) is 5. The minimum atomic E-state index is -1.10. The largest absolute Gasteiger partial charge is 0.478 e. The molecule has 5 rings (SSSR count). The van der Waals surface area contributed by atoms with Crippen molar-refractivity contribution < 1.29 is 14.7 Å². The first-order chi connectivity index (χ1) is 19.4. The number of carboxylic acids is 1. The number of fused-ring (bicyclic) bond motifs is 1. The number of nitrogens with zero attached hydrogens (tertiary/aromatic N) is 3. The summed E-state index contributed by atoms with van der Waals surface area (Å²) in [6, 6.07) is 21.5. The molecule has 2 heterocycles. The zero-order valence-electron chi connectivity index (χ0n) is 21.4. The number of rotatable bonds is 10. The van der Waals surface area contributed by atoms with Gasteiger partial charge in [-0.3, -0.25) is 14.2 Å². The first-order valence-electron chi connectivity index (χ1n) is 12.6. The summed E-state index contributed by atoms with van der Waals surface area (Å²) in [7, 11) is 0. The summed E-state index contributed by atoms with van der Waals surface area (Å²) in [4.78, 5) is 49.5.